The van der Waals surface area contributed by atoms with Gasteiger partial charge in [-0.2, -0.15) is 5.10 Å². The van der Waals surface area contributed by atoms with E-state index in [1.165, 1.54) is 0 Å². The number of aliphatic hydroxyl groups is 1. The van der Waals surface area contributed by atoms with E-state index in [0.29, 0.717) is 13.0 Å². The van der Waals surface area contributed by atoms with E-state index in [0.717, 1.165) is 11.4 Å². The van der Waals surface area contributed by atoms with E-state index < -0.39 is 6.10 Å². The van der Waals surface area contributed by atoms with Crippen LogP contribution in [-0.4, -0.2) is 34.7 Å². The zero-order valence-corrected chi connectivity index (χ0v) is 8.32. The Morgan fingerprint density at radius 2 is 2.38 bits per heavy atom. The number of aromatic nitrogens is 2. The van der Waals surface area contributed by atoms with Gasteiger partial charge in [-0.1, -0.05) is 0 Å². The summed E-state index contributed by atoms with van der Waals surface area (Å²) >= 11 is 0. The van der Waals surface area contributed by atoms with Gasteiger partial charge in [-0.05, 0) is 13.0 Å². The smallest absolute Gasteiger partial charge is 0.0828 e. The molecule has 0 spiro atoms. The van der Waals surface area contributed by atoms with Crippen molar-refractivity contribution in [2.75, 3.05) is 13.7 Å². The molecule has 0 fully saturated rings. The Hall–Kier alpha value is -0.870. The van der Waals surface area contributed by atoms with Crippen LogP contribution in [0.15, 0.2) is 6.07 Å². The molecule has 0 aromatic carbocycles. The van der Waals surface area contributed by atoms with Crippen LogP contribution in [-0.2, 0) is 18.2 Å². The van der Waals surface area contributed by atoms with Crippen molar-refractivity contribution in [2.24, 2.45) is 7.05 Å². The first-order valence-corrected chi connectivity index (χ1v) is 4.30. The average molecular weight is 184 g/mol. The Morgan fingerprint density at radius 1 is 1.69 bits per heavy atom. The summed E-state index contributed by atoms with van der Waals surface area (Å²) in [5.74, 6) is 0. The molecule has 0 saturated heterocycles. The van der Waals surface area contributed by atoms with Crippen LogP contribution < -0.4 is 0 Å². The third-order valence-corrected chi connectivity index (χ3v) is 1.90. The van der Waals surface area contributed by atoms with Gasteiger partial charge in [0.15, 0.2) is 0 Å². The monoisotopic (exact) mass is 184 g/mol. The zero-order valence-electron chi connectivity index (χ0n) is 8.32. The molecule has 0 bridgehead atoms. The Bertz CT molecular complexity index is 271. The molecule has 74 valence electrons. The number of aryl methyl sites for hydroxylation is 2. The van der Waals surface area contributed by atoms with Crippen molar-refractivity contribution in [3.05, 3.63) is 17.5 Å². The van der Waals surface area contributed by atoms with E-state index in [9.17, 15) is 5.11 Å². The highest BCUT2D eigenvalue weighted by Crippen LogP contribution is 2.05. The van der Waals surface area contributed by atoms with E-state index in [1.54, 1.807) is 11.8 Å². The second-order valence-corrected chi connectivity index (χ2v) is 3.21. The predicted octanol–water partition coefficient (Wildman–Crippen LogP) is 0.278. The third-order valence-electron chi connectivity index (χ3n) is 1.90. The normalized spacial score (nSPS) is 13.2. The maximum absolute atomic E-state index is 9.47. The van der Waals surface area contributed by atoms with Crippen molar-refractivity contribution in [3.63, 3.8) is 0 Å². The molecular formula is C9H16N2O2. The van der Waals surface area contributed by atoms with E-state index in [-0.39, 0.29) is 0 Å². The summed E-state index contributed by atoms with van der Waals surface area (Å²) in [6.45, 7) is 2.30. The molecule has 13 heavy (non-hydrogen) atoms. The van der Waals surface area contributed by atoms with Crippen LogP contribution >= 0.6 is 0 Å². The molecule has 4 heteroatoms. The van der Waals surface area contributed by atoms with E-state index in [1.807, 2.05) is 20.0 Å². The molecule has 0 aliphatic rings. The van der Waals surface area contributed by atoms with E-state index in [4.69, 9.17) is 4.74 Å². The van der Waals surface area contributed by atoms with Gasteiger partial charge in [0, 0.05) is 26.3 Å². The SMILES string of the molecule is COCC(O)Cc1cc(C)nn1C. The van der Waals surface area contributed by atoms with Crippen LogP contribution in [0.5, 0.6) is 0 Å². The van der Waals surface area contributed by atoms with Gasteiger partial charge in [-0.3, -0.25) is 4.68 Å². The predicted molar refractivity (Wildman–Crippen MR) is 49.5 cm³/mol. The van der Waals surface area contributed by atoms with Crippen LogP contribution in [0, 0.1) is 6.92 Å². The van der Waals surface area contributed by atoms with Gasteiger partial charge in [-0.25, -0.2) is 0 Å². The fourth-order valence-electron chi connectivity index (χ4n) is 1.35. The Labute approximate surface area is 78.1 Å². The molecule has 0 aliphatic carbocycles. The zero-order chi connectivity index (χ0) is 9.84. The molecule has 1 aromatic heterocycles. The van der Waals surface area contributed by atoms with Gasteiger partial charge in [0.05, 0.1) is 18.4 Å². The fraction of sp³-hybridized carbons (Fsp3) is 0.667. The first-order chi connectivity index (χ1) is 6.13. The summed E-state index contributed by atoms with van der Waals surface area (Å²) in [4.78, 5) is 0. The minimum atomic E-state index is -0.445. The second-order valence-electron chi connectivity index (χ2n) is 3.21. The highest BCUT2D eigenvalue weighted by atomic mass is 16.5. The number of rotatable bonds is 4. The van der Waals surface area contributed by atoms with Crippen molar-refractivity contribution in [3.8, 4) is 0 Å². The minimum absolute atomic E-state index is 0.365. The van der Waals surface area contributed by atoms with Gasteiger partial charge in [0.25, 0.3) is 0 Å². The van der Waals surface area contributed by atoms with Gasteiger partial charge < -0.3 is 9.84 Å². The van der Waals surface area contributed by atoms with Crippen LogP contribution in [0.2, 0.25) is 0 Å². The van der Waals surface area contributed by atoms with Crippen molar-refractivity contribution in [1.82, 2.24) is 9.78 Å². The molecule has 1 rings (SSSR count). The van der Waals surface area contributed by atoms with Gasteiger partial charge in [0.1, 0.15) is 0 Å². The number of methoxy groups -OCH3 is 1. The molecule has 0 amide bonds. The van der Waals surface area contributed by atoms with E-state index in [2.05, 4.69) is 5.10 Å². The second kappa shape index (κ2) is 4.39. The number of ether oxygens (including phenoxy) is 1. The lowest BCUT2D eigenvalue weighted by Gasteiger charge is -2.08. The lowest BCUT2D eigenvalue weighted by molar-refractivity contribution is 0.0639. The Morgan fingerprint density at radius 3 is 2.85 bits per heavy atom. The molecule has 1 atom stereocenters. The number of aliphatic hydroxyl groups excluding tert-OH is 1. The van der Waals surface area contributed by atoms with Crippen LogP contribution in [0.3, 0.4) is 0 Å². The quantitative estimate of drug-likeness (QED) is 0.731. The molecule has 0 aliphatic heterocycles. The third kappa shape index (κ3) is 2.82. The van der Waals surface area contributed by atoms with Gasteiger partial charge in [0.2, 0.25) is 0 Å². The standard InChI is InChI=1S/C9H16N2O2/c1-7-4-8(11(2)10-7)5-9(12)6-13-3/h4,9,12H,5-6H2,1-3H3. The molecule has 1 heterocycles. The molecule has 1 unspecified atom stereocenters. The Balaban J connectivity index is 2.57. The average Bonchev–Trinajstić information content (AvgIpc) is 2.30. The highest BCUT2D eigenvalue weighted by Gasteiger charge is 2.08. The number of hydrogen-bond acceptors (Lipinski definition) is 3. The summed E-state index contributed by atoms with van der Waals surface area (Å²) in [5.41, 5.74) is 2.00. The summed E-state index contributed by atoms with van der Waals surface area (Å²) in [5, 5.41) is 13.7. The topological polar surface area (TPSA) is 47.3 Å². The molecular weight excluding hydrogens is 168 g/mol. The van der Waals surface area contributed by atoms with Gasteiger partial charge >= 0.3 is 0 Å². The lowest BCUT2D eigenvalue weighted by Crippen LogP contribution is -2.18. The molecule has 0 radical (unpaired) electrons. The number of hydrogen-bond donors (Lipinski definition) is 1. The maximum Gasteiger partial charge on any atom is 0.0828 e. The summed E-state index contributed by atoms with van der Waals surface area (Å²) in [6.07, 6.45) is 0.144. The molecule has 1 aromatic rings. The van der Waals surface area contributed by atoms with Crippen LogP contribution in [0.4, 0.5) is 0 Å². The summed E-state index contributed by atoms with van der Waals surface area (Å²) in [7, 11) is 3.46. The summed E-state index contributed by atoms with van der Waals surface area (Å²) in [6, 6.07) is 1.97. The molecule has 0 saturated carbocycles. The van der Waals surface area contributed by atoms with Crippen LogP contribution in [0.1, 0.15) is 11.4 Å². The largest absolute Gasteiger partial charge is 0.390 e. The minimum Gasteiger partial charge on any atom is -0.390 e. The first kappa shape index (κ1) is 10.2. The Kier molecular flexibility index (Phi) is 3.45. The molecule has 1 N–H and O–H groups in total. The van der Waals surface area contributed by atoms with Crippen molar-refractivity contribution in [2.45, 2.75) is 19.4 Å². The highest BCUT2D eigenvalue weighted by molar-refractivity contribution is 5.09. The maximum atomic E-state index is 9.47. The summed E-state index contributed by atoms with van der Waals surface area (Å²) < 4.78 is 6.63. The lowest BCUT2D eigenvalue weighted by atomic mass is 10.2. The first-order valence-electron chi connectivity index (χ1n) is 4.30. The van der Waals surface area contributed by atoms with Crippen LogP contribution in [0.25, 0.3) is 0 Å². The fourth-order valence-corrected chi connectivity index (χ4v) is 1.35. The van der Waals surface area contributed by atoms with Crippen molar-refractivity contribution in [1.29, 1.82) is 0 Å². The molecule has 4 nitrogen and oxygen atoms in total. The van der Waals surface area contributed by atoms with Crippen molar-refractivity contribution >= 4 is 0 Å². The van der Waals surface area contributed by atoms with Crippen molar-refractivity contribution < 1.29 is 9.84 Å². The number of nitrogens with zero attached hydrogens (tertiary/aromatic N) is 2. The van der Waals surface area contributed by atoms with E-state index >= 15 is 0 Å². The van der Waals surface area contributed by atoms with Gasteiger partial charge in [-0.15, -0.1) is 0 Å².